The molecule has 0 unspecified atom stereocenters. The van der Waals surface area contributed by atoms with Crippen LogP contribution < -0.4 is 16.0 Å². The number of nitrogens with zero attached hydrogens (tertiary/aromatic N) is 4. The number of halogens is 4. The van der Waals surface area contributed by atoms with Crippen LogP contribution in [0.5, 0.6) is 0 Å². The summed E-state index contributed by atoms with van der Waals surface area (Å²) < 4.78 is 51.0. The van der Waals surface area contributed by atoms with Crippen LogP contribution in [-0.4, -0.2) is 83.3 Å². The fourth-order valence-electron chi connectivity index (χ4n) is 3.62. The summed E-state index contributed by atoms with van der Waals surface area (Å²) in [5.74, 6) is -1.36. The van der Waals surface area contributed by atoms with Gasteiger partial charge in [-0.25, -0.2) is 9.48 Å². The lowest BCUT2D eigenvalue weighted by Gasteiger charge is -2.14. The first kappa shape index (κ1) is 26.9. The van der Waals surface area contributed by atoms with Gasteiger partial charge < -0.3 is 20.9 Å². The van der Waals surface area contributed by atoms with Crippen LogP contribution in [-0.2, 0) is 6.42 Å². The molecule has 1 aromatic heterocycles. The first-order valence-electron chi connectivity index (χ1n) is 11.5. The second-order valence-electron chi connectivity index (χ2n) is 8.12. The maximum atomic E-state index is 12.8. The van der Waals surface area contributed by atoms with Gasteiger partial charge in [0.15, 0.2) is 5.69 Å². The molecule has 0 spiro atoms. The number of nitrogens with one attached hydrogen (secondary N) is 3. The Balaban J connectivity index is 1.72. The molecule has 196 valence electrons. The van der Waals surface area contributed by atoms with Crippen molar-refractivity contribution in [1.29, 1.82) is 0 Å². The van der Waals surface area contributed by atoms with Gasteiger partial charge in [0.2, 0.25) is 0 Å². The minimum atomic E-state index is -4.52. The highest BCUT2D eigenvalue weighted by atomic mass is 19.4. The summed E-state index contributed by atoms with van der Waals surface area (Å²) in [7, 11) is 0. The Morgan fingerprint density at radius 1 is 1.06 bits per heavy atom. The monoisotopic (exact) mass is 513 g/mol. The van der Waals surface area contributed by atoms with Crippen molar-refractivity contribution >= 4 is 17.8 Å². The number of urea groups is 1. The molecule has 0 radical (unpaired) electrons. The maximum absolute atomic E-state index is 12.8. The fraction of sp³-hybridized carbons (Fsp3) is 0.500. The molecular weight excluding hydrogens is 486 g/mol. The number of benzene rings is 1. The van der Waals surface area contributed by atoms with E-state index in [0.29, 0.717) is 56.7 Å². The van der Waals surface area contributed by atoms with Gasteiger partial charge in [-0.15, -0.1) is 5.10 Å². The van der Waals surface area contributed by atoms with Gasteiger partial charge in [-0.05, 0) is 43.5 Å². The van der Waals surface area contributed by atoms with Crippen LogP contribution in [0.2, 0.25) is 0 Å². The number of hydrogen-bond acceptors (Lipinski definition) is 5. The van der Waals surface area contributed by atoms with Crippen molar-refractivity contribution < 1.29 is 31.9 Å². The van der Waals surface area contributed by atoms with E-state index < -0.39 is 31.2 Å². The molecule has 36 heavy (non-hydrogen) atoms. The molecule has 1 aliphatic rings. The van der Waals surface area contributed by atoms with Crippen LogP contribution in [0, 0.1) is 0 Å². The number of aromatic nitrogens is 3. The van der Waals surface area contributed by atoms with Crippen molar-refractivity contribution in [3.63, 3.8) is 0 Å². The summed E-state index contributed by atoms with van der Waals surface area (Å²) in [6.07, 6.45) is -2.61. The van der Waals surface area contributed by atoms with Gasteiger partial charge in [-0.2, -0.15) is 13.2 Å². The summed E-state index contributed by atoms with van der Waals surface area (Å²) in [5, 5.41) is 15.3. The molecule has 2 aromatic rings. The number of carbonyl (C=O) groups is 3. The van der Waals surface area contributed by atoms with E-state index in [1.54, 1.807) is 10.2 Å². The molecule has 1 aromatic carbocycles. The van der Waals surface area contributed by atoms with Crippen LogP contribution in [0.4, 0.5) is 22.4 Å². The smallest absolute Gasteiger partial charge is 0.349 e. The normalized spacial score (nSPS) is 13.6. The van der Waals surface area contributed by atoms with E-state index in [1.165, 1.54) is 28.9 Å². The second kappa shape index (κ2) is 12.3. The molecule has 3 rings (SSSR count). The molecule has 2 heterocycles. The Hall–Kier alpha value is -3.71. The summed E-state index contributed by atoms with van der Waals surface area (Å²) in [5.41, 5.74) is 1.02. The number of alkyl halides is 4. The number of rotatable bonds is 12. The van der Waals surface area contributed by atoms with Crippen molar-refractivity contribution in [2.45, 2.75) is 31.9 Å². The van der Waals surface area contributed by atoms with Crippen LogP contribution in [0.15, 0.2) is 24.3 Å². The molecule has 10 nitrogen and oxygen atoms in total. The third kappa shape index (κ3) is 7.39. The van der Waals surface area contributed by atoms with E-state index in [-0.39, 0.29) is 23.8 Å². The molecule has 0 saturated carbocycles. The Morgan fingerprint density at radius 2 is 1.81 bits per heavy atom. The molecule has 14 heteroatoms. The predicted molar refractivity (Wildman–Crippen MR) is 121 cm³/mol. The van der Waals surface area contributed by atoms with Crippen molar-refractivity contribution in [3.8, 4) is 5.69 Å². The molecule has 4 amide bonds. The van der Waals surface area contributed by atoms with Crippen molar-refractivity contribution in [2.24, 2.45) is 0 Å². The summed E-state index contributed by atoms with van der Waals surface area (Å²) in [6.45, 7) is -0.257. The number of unbranched alkanes of at least 4 members (excludes halogenated alkanes) is 2. The van der Waals surface area contributed by atoms with Crippen LogP contribution in [0.1, 0.15) is 45.8 Å². The van der Waals surface area contributed by atoms with Gasteiger partial charge in [0, 0.05) is 31.7 Å². The van der Waals surface area contributed by atoms with E-state index in [1.807, 2.05) is 0 Å². The number of amides is 4. The van der Waals surface area contributed by atoms with Gasteiger partial charge in [-0.1, -0.05) is 11.6 Å². The average molecular weight is 513 g/mol. The Morgan fingerprint density at radius 3 is 2.44 bits per heavy atom. The van der Waals surface area contributed by atoms with Gasteiger partial charge in [0.1, 0.15) is 6.54 Å². The van der Waals surface area contributed by atoms with E-state index in [9.17, 15) is 31.9 Å². The average Bonchev–Trinajstić information content (AvgIpc) is 3.46. The lowest BCUT2D eigenvalue weighted by Crippen LogP contribution is -2.37. The summed E-state index contributed by atoms with van der Waals surface area (Å²) >= 11 is 0. The number of hydrogen-bond donors (Lipinski definition) is 3. The minimum Gasteiger partial charge on any atom is -0.349 e. The van der Waals surface area contributed by atoms with E-state index in [0.717, 1.165) is 0 Å². The lowest BCUT2D eigenvalue weighted by atomic mass is 10.1. The lowest BCUT2D eigenvalue weighted by molar-refractivity contribution is -0.123. The SMILES string of the molecule is O=C(NCC(F)(F)F)c1ccc(-n2nnc(C(=O)NCCN3CCNC3=O)c2CCCCCF)cc1. The highest BCUT2D eigenvalue weighted by Gasteiger charge is 2.28. The zero-order valence-corrected chi connectivity index (χ0v) is 19.4. The van der Waals surface area contributed by atoms with Gasteiger partial charge in [0.25, 0.3) is 11.8 Å². The standard InChI is InChI=1S/C22H27F4N7O3/c23-9-3-1-2-4-17-18(20(35)27-10-12-32-13-11-28-21(32)36)30-31-33(17)16-7-5-15(6-8-16)19(34)29-14-22(24,25)26/h5-8H,1-4,9-14H2,(H,27,35)(H,28,36)(H,29,34). The van der Waals surface area contributed by atoms with Crippen LogP contribution in [0.25, 0.3) is 5.69 Å². The fourth-order valence-corrected chi connectivity index (χ4v) is 3.62. The summed E-state index contributed by atoms with van der Waals surface area (Å²) in [6, 6.07) is 5.46. The predicted octanol–water partition coefficient (Wildman–Crippen LogP) is 2.00. The van der Waals surface area contributed by atoms with Crippen LogP contribution in [0.3, 0.4) is 0 Å². The van der Waals surface area contributed by atoms with E-state index in [4.69, 9.17) is 0 Å². The minimum absolute atomic E-state index is 0.0246. The van der Waals surface area contributed by atoms with Crippen molar-refractivity contribution in [2.75, 3.05) is 39.4 Å². The molecule has 0 atom stereocenters. The Labute approximate surface area is 204 Å². The molecule has 3 N–H and O–H groups in total. The maximum Gasteiger partial charge on any atom is 0.405 e. The first-order chi connectivity index (χ1) is 17.2. The zero-order chi connectivity index (χ0) is 26.1. The Bertz CT molecular complexity index is 1060. The van der Waals surface area contributed by atoms with E-state index >= 15 is 0 Å². The van der Waals surface area contributed by atoms with E-state index in [2.05, 4.69) is 20.9 Å². The third-order valence-electron chi connectivity index (χ3n) is 5.46. The van der Waals surface area contributed by atoms with Gasteiger partial charge in [0.05, 0.1) is 18.1 Å². The van der Waals surface area contributed by atoms with Gasteiger partial charge >= 0.3 is 12.2 Å². The second-order valence-corrected chi connectivity index (χ2v) is 8.12. The molecule has 1 fully saturated rings. The third-order valence-corrected chi connectivity index (χ3v) is 5.46. The zero-order valence-electron chi connectivity index (χ0n) is 19.4. The van der Waals surface area contributed by atoms with Gasteiger partial charge in [-0.3, -0.25) is 14.0 Å². The largest absolute Gasteiger partial charge is 0.405 e. The Kier molecular flexibility index (Phi) is 9.19. The van der Waals surface area contributed by atoms with Crippen LogP contribution >= 0.6 is 0 Å². The van der Waals surface area contributed by atoms with Crippen molar-refractivity contribution in [1.82, 2.24) is 35.8 Å². The number of carbonyl (C=O) groups excluding carboxylic acids is 3. The molecule has 0 aliphatic carbocycles. The first-order valence-corrected chi connectivity index (χ1v) is 11.5. The quantitative estimate of drug-likeness (QED) is 0.296. The topological polar surface area (TPSA) is 121 Å². The molecule has 1 saturated heterocycles. The highest BCUT2D eigenvalue weighted by molar-refractivity contribution is 5.94. The van der Waals surface area contributed by atoms with Crippen molar-refractivity contribution in [3.05, 3.63) is 41.2 Å². The molecule has 1 aliphatic heterocycles. The molecule has 0 bridgehead atoms. The summed E-state index contributed by atoms with van der Waals surface area (Å²) in [4.78, 5) is 38.0. The molecular formula is C22H27F4N7O3. The highest BCUT2D eigenvalue weighted by Crippen LogP contribution is 2.18.